The molecule has 3 heterocycles. The SMILES string of the molecule is CC12CCC(C(=C\c3ccc(F)cc3)/C1=N/OCCCN1CCCCC1)C(C)(C)O2. The maximum absolute atomic E-state index is 13.4. The van der Waals surface area contributed by atoms with Crippen molar-refractivity contribution in [3.8, 4) is 0 Å². The Kier molecular flexibility index (Phi) is 6.31. The molecular weight excluding hydrogens is 379 g/mol. The van der Waals surface area contributed by atoms with Crippen LogP contribution >= 0.6 is 0 Å². The van der Waals surface area contributed by atoms with E-state index in [2.05, 4.69) is 36.9 Å². The largest absolute Gasteiger partial charge is 0.395 e. The minimum Gasteiger partial charge on any atom is -0.395 e. The maximum Gasteiger partial charge on any atom is 0.123 e. The van der Waals surface area contributed by atoms with Crippen LogP contribution in [0.2, 0.25) is 0 Å². The summed E-state index contributed by atoms with van der Waals surface area (Å²) in [5.41, 5.74) is 2.35. The third-order valence-corrected chi connectivity index (χ3v) is 6.89. The molecule has 2 bridgehead atoms. The van der Waals surface area contributed by atoms with E-state index in [4.69, 9.17) is 9.57 Å². The van der Waals surface area contributed by atoms with Gasteiger partial charge in [0.05, 0.1) is 5.60 Å². The van der Waals surface area contributed by atoms with Crippen molar-refractivity contribution in [2.24, 2.45) is 11.1 Å². The van der Waals surface area contributed by atoms with Gasteiger partial charge in [0.1, 0.15) is 23.7 Å². The van der Waals surface area contributed by atoms with E-state index in [-0.39, 0.29) is 17.3 Å². The van der Waals surface area contributed by atoms with Crippen LogP contribution in [0.25, 0.3) is 6.08 Å². The standard InChI is InChI=1S/C25H35FN2O2/c1-24(2)22-12-13-25(3,30-24)23(21(22)18-19-8-10-20(26)11-9-19)27-29-17-7-16-28-14-5-4-6-15-28/h8-11,18,22H,4-7,12-17H2,1-3H3/b21-18+,27-23-. The number of halogens is 1. The van der Waals surface area contributed by atoms with Crippen molar-refractivity contribution in [2.45, 2.75) is 70.5 Å². The van der Waals surface area contributed by atoms with Gasteiger partial charge >= 0.3 is 0 Å². The van der Waals surface area contributed by atoms with Crippen molar-refractivity contribution in [3.05, 3.63) is 41.2 Å². The molecule has 3 aliphatic heterocycles. The second-order valence-electron chi connectivity index (χ2n) is 9.71. The van der Waals surface area contributed by atoms with Crippen LogP contribution in [0.3, 0.4) is 0 Å². The van der Waals surface area contributed by atoms with Crippen molar-refractivity contribution in [2.75, 3.05) is 26.2 Å². The van der Waals surface area contributed by atoms with Crippen LogP contribution in [0.4, 0.5) is 4.39 Å². The van der Waals surface area contributed by atoms with Gasteiger partial charge in [-0.15, -0.1) is 0 Å². The quantitative estimate of drug-likeness (QED) is 0.459. The normalized spacial score (nSPS) is 31.4. The average molecular weight is 415 g/mol. The number of hydrogen-bond donors (Lipinski definition) is 0. The van der Waals surface area contributed by atoms with E-state index < -0.39 is 5.60 Å². The minimum absolute atomic E-state index is 0.219. The zero-order valence-electron chi connectivity index (χ0n) is 18.6. The molecule has 3 saturated heterocycles. The number of ether oxygens (including phenoxy) is 1. The molecule has 1 aromatic rings. The smallest absolute Gasteiger partial charge is 0.123 e. The van der Waals surface area contributed by atoms with Crippen LogP contribution in [-0.4, -0.2) is 48.1 Å². The third kappa shape index (κ3) is 4.62. The minimum atomic E-state index is -0.447. The van der Waals surface area contributed by atoms with E-state index in [9.17, 15) is 4.39 Å². The first-order chi connectivity index (χ1) is 14.4. The number of likely N-dealkylation sites (tertiary alicyclic amines) is 1. The Bertz CT molecular complexity index is 796. The summed E-state index contributed by atoms with van der Waals surface area (Å²) in [6.45, 7) is 10.6. The summed E-state index contributed by atoms with van der Waals surface area (Å²) in [6, 6.07) is 6.64. The molecule has 4 nitrogen and oxygen atoms in total. The van der Waals surface area contributed by atoms with Crippen molar-refractivity contribution in [1.82, 2.24) is 4.90 Å². The highest BCUT2D eigenvalue weighted by Gasteiger charge is 2.55. The molecule has 5 heteroatoms. The number of hydrogen-bond acceptors (Lipinski definition) is 4. The lowest BCUT2D eigenvalue weighted by Crippen LogP contribution is -2.60. The summed E-state index contributed by atoms with van der Waals surface area (Å²) in [4.78, 5) is 8.34. The molecule has 0 aromatic heterocycles. The van der Waals surface area contributed by atoms with E-state index in [1.54, 1.807) is 0 Å². The highest BCUT2D eigenvalue weighted by Crippen LogP contribution is 2.51. The molecule has 164 valence electrons. The monoisotopic (exact) mass is 414 g/mol. The molecule has 4 fully saturated rings. The summed E-state index contributed by atoms with van der Waals surface area (Å²) < 4.78 is 19.9. The fraction of sp³-hybridized carbons (Fsp3) is 0.640. The number of rotatable bonds is 6. The molecule has 2 unspecified atom stereocenters. The van der Waals surface area contributed by atoms with Crippen molar-refractivity contribution < 1.29 is 14.0 Å². The average Bonchev–Trinajstić information content (AvgIpc) is 2.71. The lowest BCUT2D eigenvalue weighted by Gasteiger charge is -2.55. The molecule has 1 aromatic carbocycles. The topological polar surface area (TPSA) is 34.1 Å². The number of piperidine rings is 1. The molecule has 0 amide bonds. The first-order valence-electron chi connectivity index (χ1n) is 11.5. The van der Waals surface area contributed by atoms with Gasteiger partial charge in [0.25, 0.3) is 0 Å². The molecule has 1 aliphatic carbocycles. The van der Waals surface area contributed by atoms with Crippen LogP contribution in [0, 0.1) is 11.7 Å². The summed E-state index contributed by atoms with van der Waals surface area (Å²) in [5.74, 6) is 0.0314. The van der Waals surface area contributed by atoms with E-state index in [0.717, 1.165) is 37.1 Å². The maximum atomic E-state index is 13.4. The number of fused-ring (bicyclic) bond motifs is 3. The van der Waals surface area contributed by atoms with Gasteiger partial charge in [0.15, 0.2) is 0 Å². The van der Waals surface area contributed by atoms with Gasteiger partial charge < -0.3 is 14.5 Å². The Morgan fingerprint density at radius 1 is 1.17 bits per heavy atom. The first kappa shape index (κ1) is 21.5. The second kappa shape index (κ2) is 8.80. The molecule has 0 radical (unpaired) electrons. The Hall–Kier alpha value is -1.72. The Morgan fingerprint density at radius 2 is 1.90 bits per heavy atom. The summed E-state index contributed by atoms with van der Waals surface area (Å²) >= 11 is 0. The van der Waals surface area contributed by atoms with Gasteiger partial charge in [-0.2, -0.15) is 0 Å². The predicted molar refractivity (Wildman–Crippen MR) is 119 cm³/mol. The van der Waals surface area contributed by atoms with E-state index in [0.29, 0.717) is 6.61 Å². The van der Waals surface area contributed by atoms with Crippen LogP contribution in [0.15, 0.2) is 35.0 Å². The van der Waals surface area contributed by atoms with Crippen molar-refractivity contribution in [3.63, 3.8) is 0 Å². The second-order valence-corrected chi connectivity index (χ2v) is 9.71. The molecule has 0 spiro atoms. The number of oxime groups is 1. The molecular formula is C25H35FN2O2. The van der Waals surface area contributed by atoms with Gasteiger partial charge in [-0.1, -0.05) is 23.7 Å². The number of nitrogens with zero attached hydrogens (tertiary/aromatic N) is 2. The van der Waals surface area contributed by atoms with Crippen molar-refractivity contribution in [1.29, 1.82) is 0 Å². The molecule has 4 aliphatic rings. The lowest BCUT2D eigenvalue weighted by molar-refractivity contribution is -0.165. The van der Waals surface area contributed by atoms with Gasteiger partial charge in [-0.3, -0.25) is 0 Å². The predicted octanol–water partition coefficient (Wildman–Crippen LogP) is 5.44. The zero-order valence-corrected chi connectivity index (χ0v) is 18.6. The van der Waals surface area contributed by atoms with Crippen LogP contribution in [-0.2, 0) is 9.57 Å². The Morgan fingerprint density at radius 3 is 2.60 bits per heavy atom. The van der Waals surface area contributed by atoms with Crippen LogP contribution < -0.4 is 0 Å². The van der Waals surface area contributed by atoms with Crippen LogP contribution in [0.1, 0.15) is 64.9 Å². The van der Waals surface area contributed by atoms with Crippen molar-refractivity contribution >= 4 is 11.8 Å². The molecule has 5 rings (SSSR count). The summed E-state index contributed by atoms with van der Waals surface area (Å²) in [5, 5.41) is 4.61. The lowest BCUT2D eigenvalue weighted by atomic mass is 9.64. The first-order valence-corrected chi connectivity index (χ1v) is 11.5. The van der Waals surface area contributed by atoms with Gasteiger partial charge in [-0.05, 0) is 95.3 Å². The summed E-state index contributed by atoms with van der Waals surface area (Å²) in [7, 11) is 0. The van der Waals surface area contributed by atoms with Gasteiger partial charge in [0.2, 0.25) is 0 Å². The fourth-order valence-electron chi connectivity index (χ4n) is 5.34. The zero-order chi connectivity index (χ0) is 21.2. The van der Waals surface area contributed by atoms with E-state index >= 15 is 0 Å². The third-order valence-electron chi connectivity index (χ3n) is 6.89. The Balaban J connectivity index is 1.49. The highest BCUT2D eigenvalue weighted by molar-refractivity contribution is 6.10. The highest BCUT2D eigenvalue weighted by atomic mass is 19.1. The van der Waals surface area contributed by atoms with E-state index in [1.807, 2.05) is 12.1 Å². The summed E-state index contributed by atoms with van der Waals surface area (Å²) in [6.07, 6.45) is 9.12. The Labute approximate surface area is 180 Å². The molecule has 1 saturated carbocycles. The molecule has 30 heavy (non-hydrogen) atoms. The van der Waals surface area contributed by atoms with E-state index in [1.165, 1.54) is 50.1 Å². The van der Waals surface area contributed by atoms with Gasteiger partial charge in [-0.25, -0.2) is 4.39 Å². The molecule has 0 N–H and O–H groups in total. The fourth-order valence-corrected chi connectivity index (χ4v) is 5.34. The molecule has 2 atom stereocenters. The number of benzene rings is 1. The van der Waals surface area contributed by atoms with Crippen LogP contribution in [0.5, 0.6) is 0 Å². The van der Waals surface area contributed by atoms with Gasteiger partial charge in [0, 0.05) is 12.5 Å².